The monoisotopic (exact) mass is 435 g/mol. The maximum Gasteiger partial charge on any atom is 0.191 e. The average Bonchev–Trinajstić information content (AvgIpc) is 3.01. The van der Waals surface area contributed by atoms with Gasteiger partial charge in [-0.05, 0) is 37.5 Å². The molecule has 0 bridgehead atoms. The molecule has 0 amide bonds. The standard InChI is InChI=1S/C17H26FN3O.HI/c1-3-19-17(21-15-6-4-5-7-15)20-11-13-8-9-16(18)14(10-13)12-22-2;/h8-10,15H,3-7,11-12H2,1-2H3,(H2,19,20,21);1H. The van der Waals surface area contributed by atoms with Crippen molar-refractivity contribution in [2.45, 2.75) is 51.8 Å². The molecule has 0 spiro atoms. The third-order valence-corrected chi connectivity index (χ3v) is 3.87. The number of aliphatic imine (C=N–C) groups is 1. The van der Waals surface area contributed by atoms with E-state index in [0.717, 1.165) is 18.1 Å². The molecule has 0 unspecified atom stereocenters. The fourth-order valence-corrected chi connectivity index (χ4v) is 2.75. The summed E-state index contributed by atoms with van der Waals surface area (Å²) in [5.41, 5.74) is 1.56. The first-order valence-corrected chi connectivity index (χ1v) is 8.04. The minimum absolute atomic E-state index is 0. The molecule has 23 heavy (non-hydrogen) atoms. The molecule has 0 heterocycles. The molecule has 0 aromatic heterocycles. The van der Waals surface area contributed by atoms with E-state index in [9.17, 15) is 4.39 Å². The number of rotatable bonds is 6. The summed E-state index contributed by atoms with van der Waals surface area (Å²) >= 11 is 0. The highest BCUT2D eigenvalue weighted by molar-refractivity contribution is 14.0. The van der Waals surface area contributed by atoms with Gasteiger partial charge in [-0.25, -0.2) is 9.38 Å². The first kappa shape index (κ1) is 20.2. The lowest BCUT2D eigenvalue weighted by molar-refractivity contribution is 0.181. The summed E-state index contributed by atoms with van der Waals surface area (Å²) in [5.74, 6) is 0.609. The molecule has 1 aromatic rings. The Morgan fingerprint density at radius 3 is 2.74 bits per heavy atom. The Morgan fingerprint density at radius 1 is 1.35 bits per heavy atom. The number of benzene rings is 1. The Labute approximate surface area is 155 Å². The zero-order chi connectivity index (χ0) is 15.8. The highest BCUT2D eigenvalue weighted by Gasteiger charge is 2.15. The quantitative estimate of drug-likeness (QED) is 0.408. The second kappa shape index (κ2) is 10.8. The molecule has 130 valence electrons. The third kappa shape index (κ3) is 6.63. The van der Waals surface area contributed by atoms with Crippen molar-refractivity contribution in [2.24, 2.45) is 4.99 Å². The highest BCUT2D eigenvalue weighted by Crippen LogP contribution is 2.17. The summed E-state index contributed by atoms with van der Waals surface area (Å²) in [6.45, 7) is 3.69. The average molecular weight is 435 g/mol. The predicted molar refractivity (Wildman–Crippen MR) is 103 cm³/mol. The minimum Gasteiger partial charge on any atom is -0.380 e. The SMILES string of the molecule is CCNC(=NCc1ccc(F)c(COC)c1)NC1CCCC1.I. The molecular weight excluding hydrogens is 408 g/mol. The molecule has 4 nitrogen and oxygen atoms in total. The highest BCUT2D eigenvalue weighted by atomic mass is 127. The molecule has 2 N–H and O–H groups in total. The van der Waals surface area contributed by atoms with Crippen LogP contribution in [0.3, 0.4) is 0 Å². The molecule has 0 aliphatic heterocycles. The number of nitrogens with zero attached hydrogens (tertiary/aromatic N) is 1. The summed E-state index contributed by atoms with van der Waals surface area (Å²) in [6, 6.07) is 5.60. The largest absolute Gasteiger partial charge is 0.380 e. The van der Waals surface area contributed by atoms with E-state index in [1.165, 1.54) is 31.7 Å². The van der Waals surface area contributed by atoms with E-state index in [1.54, 1.807) is 13.2 Å². The second-order valence-corrected chi connectivity index (χ2v) is 5.68. The van der Waals surface area contributed by atoms with Gasteiger partial charge in [0.25, 0.3) is 0 Å². The maximum absolute atomic E-state index is 13.6. The molecule has 1 aliphatic rings. The Bertz CT molecular complexity index is 505. The normalized spacial score (nSPS) is 15.3. The van der Waals surface area contributed by atoms with Gasteiger partial charge in [0, 0.05) is 25.3 Å². The van der Waals surface area contributed by atoms with Crippen LogP contribution in [0.1, 0.15) is 43.7 Å². The molecule has 0 atom stereocenters. The molecule has 1 saturated carbocycles. The van der Waals surface area contributed by atoms with Gasteiger partial charge >= 0.3 is 0 Å². The zero-order valence-electron chi connectivity index (χ0n) is 13.9. The van der Waals surface area contributed by atoms with Crippen molar-refractivity contribution in [3.05, 3.63) is 35.1 Å². The first-order chi connectivity index (χ1) is 10.7. The fourth-order valence-electron chi connectivity index (χ4n) is 2.75. The lowest BCUT2D eigenvalue weighted by Gasteiger charge is -2.16. The van der Waals surface area contributed by atoms with Gasteiger partial charge in [-0.2, -0.15) is 0 Å². The van der Waals surface area contributed by atoms with E-state index in [-0.39, 0.29) is 36.4 Å². The summed E-state index contributed by atoms with van der Waals surface area (Å²) in [6.07, 6.45) is 4.99. The van der Waals surface area contributed by atoms with Crippen LogP contribution in [0, 0.1) is 5.82 Å². The second-order valence-electron chi connectivity index (χ2n) is 5.68. The summed E-state index contributed by atoms with van der Waals surface area (Å²) in [7, 11) is 1.57. The van der Waals surface area contributed by atoms with Crippen molar-refractivity contribution >= 4 is 29.9 Å². The fraction of sp³-hybridized carbons (Fsp3) is 0.588. The van der Waals surface area contributed by atoms with Gasteiger partial charge < -0.3 is 15.4 Å². The molecular formula is C17H27FIN3O. The molecule has 1 fully saturated rings. The zero-order valence-corrected chi connectivity index (χ0v) is 16.2. The predicted octanol–water partition coefficient (Wildman–Crippen LogP) is 3.59. The number of hydrogen-bond donors (Lipinski definition) is 2. The van der Waals surface area contributed by atoms with Crippen LogP contribution in [0.5, 0.6) is 0 Å². The van der Waals surface area contributed by atoms with Crippen LogP contribution in [0.15, 0.2) is 23.2 Å². The Balaban J connectivity index is 0.00000264. The van der Waals surface area contributed by atoms with Crippen molar-refractivity contribution in [2.75, 3.05) is 13.7 Å². The van der Waals surface area contributed by atoms with Crippen LogP contribution >= 0.6 is 24.0 Å². The van der Waals surface area contributed by atoms with Crippen LogP contribution < -0.4 is 10.6 Å². The molecule has 1 aromatic carbocycles. The summed E-state index contributed by atoms with van der Waals surface area (Å²) in [5, 5.41) is 6.75. The van der Waals surface area contributed by atoms with Crippen molar-refractivity contribution in [3.8, 4) is 0 Å². The van der Waals surface area contributed by atoms with Gasteiger partial charge in [-0.1, -0.05) is 18.9 Å². The van der Waals surface area contributed by atoms with E-state index in [4.69, 9.17) is 4.74 Å². The summed E-state index contributed by atoms with van der Waals surface area (Å²) in [4.78, 5) is 4.61. The van der Waals surface area contributed by atoms with Gasteiger partial charge in [0.05, 0.1) is 13.2 Å². The number of guanidine groups is 1. The lowest BCUT2D eigenvalue weighted by atomic mass is 10.1. The number of nitrogens with one attached hydrogen (secondary N) is 2. The molecule has 1 aliphatic carbocycles. The van der Waals surface area contributed by atoms with Crippen LogP contribution in [0.2, 0.25) is 0 Å². The van der Waals surface area contributed by atoms with Crippen LogP contribution in [-0.4, -0.2) is 25.7 Å². The lowest BCUT2D eigenvalue weighted by Crippen LogP contribution is -2.42. The van der Waals surface area contributed by atoms with Crippen LogP contribution in [0.25, 0.3) is 0 Å². The summed E-state index contributed by atoms with van der Waals surface area (Å²) < 4.78 is 18.6. The van der Waals surface area contributed by atoms with E-state index < -0.39 is 0 Å². The van der Waals surface area contributed by atoms with Gasteiger partial charge in [0.15, 0.2) is 5.96 Å². The number of hydrogen-bond acceptors (Lipinski definition) is 2. The number of halogens is 2. The van der Waals surface area contributed by atoms with E-state index in [0.29, 0.717) is 18.2 Å². The van der Waals surface area contributed by atoms with Crippen LogP contribution in [0.4, 0.5) is 4.39 Å². The van der Waals surface area contributed by atoms with E-state index >= 15 is 0 Å². The van der Waals surface area contributed by atoms with Gasteiger partial charge in [-0.3, -0.25) is 0 Å². The molecule has 0 radical (unpaired) electrons. The Kier molecular flexibility index (Phi) is 9.47. The van der Waals surface area contributed by atoms with Crippen LogP contribution in [-0.2, 0) is 17.9 Å². The van der Waals surface area contributed by atoms with Crippen molar-refractivity contribution in [1.29, 1.82) is 0 Å². The van der Waals surface area contributed by atoms with Gasteiger partial charge in [0.2, 0.25) is 0 Å². The van der Waals surface area contributed by atoms with Gasteiger partial charge in [-0.15, -0.1) is 24.0 Å². The van der Waals surface area contributed by atoms with Crippen molar-refractivity contribution in [3.63, 3.8) is 0 Å². The third-order valence-electron chi connectivity index (χ3n) is 3.87. The van der Waals surface area contributed by atoms with E-state index in [2.05, 4.69) is 22.5 Å². The first-order valence-electron chi connectivity index (χ1n) is 8.04. The maximum atomic E-state index is 13.6. The smallest absolute Gasteiger partial charge is 0.191 e. The van der Waals surface area contributed by atoms with Crippen molar-refractivity contribution in [1.82, 2.24) is 10.6 Å². The van der Waals surface area contributed by atoms with Gasteiger partial charge in [0.1, 0.15) is 5.82 Å². The molecule has 6 heteroatoms. The molecule has 2 rings (SSSR count). The van der Waals surface area contributed by atoms with E-state index in [1.807, 2.05) is 6.07 Å². The number of ether oxygens (including phenoxy) is 1. The molecule has 0 saturated heterocycles. The topological polar surface area (TPSA) is 45.7 Å². The number of methoxy groups -OCH3 is 1. The minimum atomic E-state index is -0.231. The Morgan fingerprint density at radius 2 is 2.09 bits per heavy atom. The van der Waals surface area contributed by atoms with Crippen molar-refractivity contribution < 1.29 is 9.13 Å². The Hall–Kier alpha value is -0.890.